The second-order valence-electron chi connectivity index (χ2n) is 4.79. The summed E-state index contributed by atoms with van der Waals surface area (Å²) < 4.78 is 17.2. The van der Waals surface area contributed by atoms with E-state index < -0.39 is 0 Å². The lowest BCUT2D eigenvalue weighted by molar-refractivity contribution is -0.286. The van der Waals surface area contributed by atoms with E-state index in [0.29, 0.717) is 18.6 Å². The Morgan fingerprint density at radius 3 is 2.67 bits per heavy atom. The molecular weight excluding hydrogens is 192 g/mol. The van der Waals surface area contributed by atoms with Crippen LogP contribution in [0.25, 0.3) is 0 Å². The Balaban J connectivity index is 1.93. The molecule has 3 heteroatoms. The van der Waals surface area contributed by atoms with Gasteiger partial charge in [0.15, 0.2) is 6.29 Å². The molecule has 2 fully saturated rings. The second kappa shape index (κ2) is 4.81. The molecule has 0 saturated carbocycles. The maximum Gasteiger partial charge on any atom is 0.155 e. The third-order valence-electron chi connectivity index (χ3n) is 3.44. The van der Waals surface area contributed by atoms with Gasteiger partial charge in [-0.05, 0) is 25.7 Å². The second-order valence-corrected chi connectivity index (χ2v) is 4.79. The molecule has 3 nitrogen and oxygen atoms in total. The monoisotopic (exact) mass is 214 g/mol. The van der Waals surface area contributed by atoms with Crippen LogP contribution in [0.4, 0.5) is 0 Å². The van der Waals surface area contributed by atoms with Gasteiger partial charge in [-0.15, -0.1) is 0 Å². The van der Waals surface area contributed by atoms with Crippen molar-refractivity contribution in [3.8, 4) is 0 Å². The van der Waals surface area contributed by atoms with Gasteiger partial charge in [0.2, 0.25) is 0 Å². The molecule has 0 aliphatic carbocycles. The van der Waals surface area contributed by atoms with E-state index >= 15 is 0 Å². The first kappa shape index (κ1) is 11.4. The first-order valence-electron chi connectivity index (χ1n) is 6.13. The van der Waals surface area contributed by atoms with E-state index in [1.165, 1.54) is 6.42 Å². The molecule has 0 N–H and O–H groups in total. The molecule has 2 aliphatic rings. The minimum absolute atomic E-state index is 0.0650. The van der Waals surface area contributed by atoms with Crippen molar-refractivity contribution in [2.24, 2.45) is 5.92 Å². The average molecular weight is 214 g/mol. The van der Waals surface area contributed by atoms with Crippen LogP contribution in [0.15, 0.2) is 0 Å². The molecule has 0 aromatic carbocycles. The van der Waals surface area contributed by atoms with Gasteiger partial charge < -0.3 is 14.2 Å². The average Bonchev–Trinajstić information content (AvgIpc) is 2.20. The van der Waals surface area contributed by atoms with Gasteiger partial charge in [-0.1, -0.05) is 20.3 Å². The molecule has 2 rings (SSSR count). The molecule has 2 heterocycles. The van der Waals surface area contributed by atoms with E-state index in [9.17, 15) is 0 Å². The highest BCUT2D eigenvalue weighted by Crippen LogP contribution is 2.32. The Bertz CT molecular complexity index is 207. The predicted molar refractivity (Wildman–Crippen MR) is 57.6 cm³/mol. The van der Waals surface area contributed by atoms with Crippen LogP contribution < -0.4 is 0 Å². The Hall–Kier alpha value is -0.120. The van der Waals surface area contributed by atoms with Crippen LogP contribution in [-0.2, 0) is 14.2 Å². The minimum atomic E-state index is -0.0650. The lowest BCUT2D eigenvalue weighted by Crippen LogP contribution is -2.51. The maximum absolute atomic E-state index is 6.04. The molecular formula is C12H22O3. The Kier molecular flexibility index (Phi) is 3.65. The predicted octanol–water partition coefficient (Wildman–Crippen LogP) is 2.34. The smallest absolute Gasteiger partial charge is 0.155 e. The quantitative estimate of drug-likeness (QED) is 0.706. The molecule has 5 atom stereocenters. The van der Waals surface area contributed by atoms with E-state index in [1.807, 2.05) is 6.92 Å². The molecule has 2 saturated heterocycles. The molecule has 0 spiro atoms. The molecule has 15 heavy (non-hydrogen) atoms. The standard InChI is InChI=1S/C12H22O3/c1-4-5-10-8(2)6-11-12(15-10)7-13-9(3)14-11/h8-12H,4-7H2,1-3H3/t8-,9-,10+,11+,12-/m1/s1. The number of rotatable bonds is 2. The summed E-state index contributed by atoms with van der Waals surface area (Å²) in [6.07, 6.45) is 4.19. The fraction of sp³-hybridized carbons (Fsp3) is 1.00. The minimum Gasteiger partial charge on any atom is -0.370 e. The third kappa shape index (κ3) is 2.52. The molecule has 0 radical (unpaired) electrons. The summed E-state index contributed by atoms with van der Waals surface area (Å²) in [5, 5.41) is 0. The van der Waals surface area contributed by atoms with Gasteiger partial charge in [-0.25, -0.2) is 0 Å². The molecule has 0 aromatic rings. The van der Waals surface area contributed by atoms with Crippen molar-refractivity contribution in [3.05, 3.63) is 0 Å². The largest absolute Gasteiger partial charge is 0.370 e. The summed E-state index contributed by atoms with van der Waals surface area (Å²) in [4.78, 5) is 0. The van der Waals surface area contributed by atoms with E-state index in [1.54, 1.807) is 0 Å². The first-order valence-corrected chi connectivity index (χ1v) is 6.13. The highest BCUT2D eigenvalue weighted by atomic mass is 16.7. The summed E-state index contributed by atoms with van der Waals surface area (Å²) >= 11 is 0. The summed E-state index contributed by atoms with van der Waals surface area (Å²) in [7, 11) is 0. The zero-order valence-electron chi connectivity index (χ0n) is 9.94. The fourth-order valence-electron chi connectivity index (χ4n) is 2.56. The van der Waals surface area contributed by atoms with Crippen LogP contribution in [0.5, 0.6) is 0 Å². The Morgan fingerprint density at radius 2 is 1.93 bits per heavy atom. The lowest BCUT2D eigenvalue weighted by atomic mass is 9.89. The van der Waals surface area contributed by atoms with E-state index in [2.05, 4.69) is 13.8 Å². The zero-order valence-corrected chi connectivity index (χ0v) is 9.94. The lowest BCUT2D eigenvalue weighted by Gasteiger charge is -2.44. The number of hydrogen-bond acceptors (Lipinski definition) is 3. The number of fused-ring (bicyclic) bond motifs is 1. The Morgan fingerprint density at radius 1 is 1.13 bits per heavy atom. The van der Waals surface area contributed by atoms with Gasteiger partial charge in [0, 0.05) is 0 Å². The highest BCUT2D eigenvalue weighted by Gasteiger charge is 2.39. The highest BCUT2D eigenvalue weighted by molar-refractivity contribution is 4.85. The van der Waals surface area contributed by atoms with Crippen molar-refractivity contribution in [2.45, 2.75) is 64.6 Å². The van der Waals surface area contributed by atoms with Gasteiger partial charge in [0.1, 0.15) is 6.10 Å². The van der Waals surface area contributed by atoms with Gasteiger partial charge in [0.05, 0.1) is 18.8 Å². The number of hydrogen-bond donors (Lipinski definition) is 0. The van der Waals surface area contributed by atoms with E-state index in [4.69, 9.17) is 14.2 Å². The molecule has 0 bridgehead atoms. The first-order chi connectivity index (χ1) is 7.20. The van der Waals surface area contributed by atoms with Crippen LogP contribution in [-0.4, -0.2) is 31.2 Å². The van der Waals surface area contributed by atoms with Crippen molar-refractivity contribution in [1.82, 2.24) is 0 Å². The van der Waals surface area contributed by atoms with Crippen LogP contribution in [0, 0.1) is 5.92 Å². The van der Waals surface area contributed by atoms with Crippen LogP contribution >= 0.6 is 0 Å². The topological polar surface area (TPSA) is 27.7 Å². The van der Waals surface area contributed by atoms with Crippen molar-refractivity contribution >= 4 is 0 Å². The summed E-state index contributed by atoms with van der Waals surface area (Å²) in [6, 6.07) is 0. The molecule has 0 aromatic heterocycles. The summed E-state index contributed by atoms with van der Waals surface area (Å²) in [5.74, 6) is 0.608. The summed E-state index contributed by atoms with van der Waals surface area (Å²) in [6.45, 7) is 7.12. The zero-order chi connectivity index (χ0) is 10.8. The van der Waals surface area contributed by atoms with E-state index in [0.717, 1.165) is 12.8 Å². The molecule has 0 amide bonds. The van der Waals surface area contributed by atoms with Crippen LogP contribution in [0.3, 0.4) is 0 Å². The van der Waals surface area contributed by atoms with Gasteiger partial charge in [-0.2, -0.15) is 0 Å². The maximum atomic E-state index is 6.04. The Labute approximate surface area is 92.1 Å². The summed E-state index contributed by atoms with van der Waals surface area (Å²) in [5.41, 5.74) is 0. The van der Waals surface area contributed by atoms with Crippen LogP contribution in [0.1, 0.15) is 40.0 Å². The fourth-order valence-corrected chi connectivity index (χ4v) is 2.56. The SMILES string of the molecule is CCC[C@@H]1O[C@@H]2CO[C@@H](C)O[C@H]2C[C@H]1C. The van der Waals surface area contributed by atoms with Crippen molar-refractivity contribution < 1.29 is 14.2 Å². The van der Waals surface area contributed by atoms with Gasteiger partial charge in [-0.3, -0.25) is 0 Å². The normalized spacial score (nSPS) is 46.2. The number of ether oxygens (including phenoxy) is 3. The van der Waals surface area contributed by atoms with Crippen molar-refractivity contribution in [3.63, 3.8) is 0 Å². The van der Waals surface area contributed by atoms with Crippen molar-refractivity contribution in [1.29, 1.82) is 0 Å². The van der Waals surface area contributed by atoms with Gasteiger partial charge >= 0.3 is 0 Å². The third-order valence-corrected chi connectivity index (χ3v) is 3.44. The van der Waals surface area contributed by atoms with E-state index in [-0.39, 0.29) is 18.5 Å². The van der Waals surface area contributed by atoms with Gasteiger partial charge in [0.25, 0.3) is 0 Å². The van der Waals surface area contributed by atoms with Crippen molar-refractivity contribution in [2.75, 3.05) is 6.61 Å². The molecule has 0 unspecified atom stereocenters. The van der Waals surface area contributed by atoms with Crippen LogP contribution in [0.2, 0.25) is 0 Å². The molecule has 88 valence electrons. The molecule has 2 aliphatic heterocycles.